The molecule has 0 unspecified atom stereocenters. The number of hydrogen-bond donors (Lipinski definition) is 3. The maximum atomic E-state index is 11.9. The topological polar surface area (TPSA) is 88.7 Å². The first-order chi connectivity index (χ1) is 13.7. The number of benzene rings is 2. The van der Waals surface area contributed by atoms with E-state index in [-0.39, 0.29) is 18.3 Å². The molecule has 154 valence electrons. The summed E-state index contributed by atoms with van der Waals surface area (Å²) < 4.78 is 12.5. The van der Waals surface area contributed by atoms with E-state index < -0.39 is 11.8 Å². The van der Waals surface area contributed by atoms with Crippen LogP contribution in [-0.4, -0.2) is 30.1 Å². The zero-order valence-corrected chi connectivity index (χ0v) is 19.7. The van der Waals surface area contributed by atoms with E-state index in [2.05, 4.69) is 48.0 Å². The first-order valence-electron chi connectivity index (χ1n) is 8.41. The molecule has 0 atom stereocenters. The van der Waals surface area contributed by atoms with Crippen LogP contribution in [0.2, 0.25) is 0 Å². The fourth-order valence-electron chi connectivity index (χ4n) is 2.14. The van der Waals surface area contributed by atoms with E-state index >= 15 is 0 Å². The number of amides is 2. The first-order valence-corrected chi connectivity index (χ1v) is 10.4. The molecule has 2 amide bonds. The molecule has 0 saturated carbocycles. The van der Waals surface area contributed by atoms with E-state index in [1.165, 1.54) is 0 Å². The van der Waals surface area contributed by atoms with Crippen molar-refractivity contribution in [3.63, 3.8) is 0 Å². The molecular weight excluding hydrogens is 526 g/mol. The average Bonchev–Trinajstić information content (AvgIpc) is 2.65. The molecule has 2 aromatic carbocycles. The van der Waals surface area contributed by atoms with Crippen molar-refractivity contribution in [1.82, 2.24) is 16.2 Å². The molecule has 0 aliphatic carbocycles. The van der Waals surface area contributed by atoms with Crippen LogP contribution in [0.1, 0.15) is 11.1 Å². The van der Waals surface area contributed by atoms with Gasteiger partial charge in [-0.2, -0.15) is 0 Å². The third-order valence-electron chi connectivity index (χ3n) is 3.51. The standard InChI is InChI=1S/C19H19Br2N3O4S/c1-11-3-5-16(14(21)7-11)28-9-17(25)22-19(29)24-23-18(26)10-27-15-6-4-13(20)8-12(15)2/h3-8H,9-10H2,1-2H3,(H,23,26)(H2,22,24,25,29). The van der Waals surface area contributed by atoms with Gasteiger partial charge in [0, 0.05) is 4.47 Å². The number of thiocarbonyl (C=S) groups is 1. The van der Waals surface area contributed by atoms with Gasteiger partial charge in [-0.15, -0.1) is 0 Å². The lowest BCUT2D eigenvalue weighted by Gasteiger charge is -2.13. The number of carbonyl (C=O) groups is 2. The van der Waals surface area contributed by atoms with Gasteiger partial charge in [-0.3, -0.25) is 25.8 Å². The second kappa shape index (κ2) is 11.1. The summed E-state index contributed by atoms with van der Waals surface area (Å²) in [4.78, 5) is 23.8. The van der Waals surface area contributed by atoms with Crippen molar-refractivity contribution in [3.8, 4) is 11.5 Å². The van der Waals surface area contributed by atoms with Gasteiger partial charge in [-0.25, -0.2) is 0 Å². The Morgan fingerprint density at radius 3 is 2.28 bits per heavy atom. The molecule has 3 N–H and O–H groups in total. The molecule has 0 bridgehead atoms. The Morgan fingerprint density at radius 1 is 0.931 bits per heavy atom. The molecule has 29 heavy (non-hydrogen) atoms. The summed E-state index contributed by atoms with van der Waals surface area (Å²) in [6, 6.07) is 11.0. The molecule has 0 saturated heterocycles. The molecule has 10 heteroatoms. The van der Waals surface area contributed by atoms with Crippen molar-refractivity contribution >= 4 is 61.0 Å². The molecule has 0 aliphatic heterocycles. The lowest BCUT2D eigenvalue weighted by molar-refractivity contribution is -0.124. The quantitative estimate of drug-likeness (QED) is 0.382. The Balaban J connectivity index is 1.68. The maximum absolute atomic E-state index is 11.9. The minimum Gasteiger partial charge on any atom is -0.483 e. The smallest absolute Gasteiger partial charge is 0.276 e. The number of rotatable bonds is 6. The van der Waals surface area contributed by atoms with Gasteiger partial charge < -0.3 is 9.47 Å². The van der Waals surface area contributed by atoms with Crippen molar-refractivity contribution < 1.29 is 19.1 Å². The van der Waals surface area contributed by atoms with Crippen LogP contribution in [0.4, 0.5) is 0 Å². The van der Waals surface area contributed by atoms with Gasteiger partial charge >= 0.3 is 0 Å². The van der Waals surface area contributed by atoms with Gasteiger partial charge in [0.1, 0.15) is 11.5 Å². The third-order valence-corrected chi connectivity index (χ3v) is 4.83. The van der Waals surface area contributed by atoms with Crippen molar-refractivity contribution in [2.45, 2.75) is 13.8 Å². The Kier molecular flexibility index (Phi) is 8.87. The van der Waals surface area contributed by atoms with Crippen molar-refractivity contribution in [2.24, 2.45) is 0 Å². The monoisotopic (exact) mass is 543 g/mol. The highest BCUT2D eigenvalue weighted by atomic mass is 79.9. The van der Waals surface area contributed by atoms with Gasteiger partial charge in [0.25, 0.3) is 11.8 Å². The fraction of sp³-hybridized carbons (Fsp3) is 0.211. The summed E-state index contributed by atoms with van der Waals surface area (Å²) in [6.07, 6.45) is 0. The summed E-state index contributed by atoms with van der Waals surface area (Å²) in [5.74, 6) is 0.215. The second-order valence-corrected chi connectivity index (χ2v) is 8.15. The van der Waals surface area contributed by atoms with Gasteiger partial charge in [0.2, 0.25) is 0 Å². The average molecular weight is 545 g/mol. The van der Waals surface area contributed by atoms with Gasteiger partial charge in [0.15, 0.2) is 18.3 Å². The van der Waals surface area contributed by atoms with Crippen LogP contribution >= 0.6 is 44.1 Å². The number of aryl methyl sites for hydroxylation is 2. The van der Waals surface area contributed by atoms with Gasteiger partial charge in [0.05, 0.1) is 4.47 Å². The van der Waals surface area contributed by atoms with Crippen molar-refractivity contribution in [3.05, 3.63) is 56.5 Å². The Labute approximate surface area is 190 Å². The van der Waals surface area contributed by atoms with Crippen LogP contribution in [0.3, 0.4) is 0 Å². The number of hydrogen-bond acceptors (Lipinski definition) is 5. The van der Waals surface area contributed by atoms with E-state index in [0.717, 1.165) is 20.1 Å². The van der Waals surface area contributed by atoms with E-state index in [4.69, 9.17) is 21.7 Å². The Bertz CT molecular complexity index is 924. The van der Waals surface area contributed by atoms with Crippen LogP contribution in [0.25, 0.3) is 0 Å². The molecule has 2 rings (SSSR count). The number of halogens is 2. The summed E-state index contributed by atoms with van der Waals surface area (Å²) >= 11 is 11.7. The molecule has 2 aromatic rings. The highest BCUT2D eigenvalue weighted by molar-refractivity contribution is 9.10. The summed E-state index contributed by atoms with van der Waals surface area (Å²) in [7, 11) is 0. The van der Waals surface area contributed by atoms with Crippen molar-refractivity contribution in [1.29, 1.82) is 0 Å². The Hall–Kier alpha value is -2.17. The molecule has 0 aromatic heterocycles. The number of carbonyl (C=O) groups excluding carboxylic acids is 2. The number of hydrazine groups is 1. The largest absolute Gasteiger partial charge is 0.483 e. The minimum absolute atomic E-state index is 0.0604. The van der Waals surface area contributed by atoms with E-state index in [0.29, 0.717) is 11.5 Å². The molecule has 0 fully saturated rings. The molecule has 7 nitrogen and oxygen atoms in total. The minimum atomic E-state index is -0.467. The molecule has 0 heterocycles. The van der Waals surface area contributed by atoms with Gasteiger partial charge in [-0.05, 0) is 83.5 Å². The zero-order chi connectivity index (χ0) is 21.4. The van der Waals surface area contributed by atoms with Crippen LogP contribution in [0, 0.1) is 13.8 Å². The van der Waals surface area contributed by atoms with Gasteiger partial charge in [-0.1, -0.05) is 22.0 Å². The van der Waals surface area contributed by atoms with E-state index in [1.807, 2.05) is 38.1 Å². The summed E-state index contributed by atoms with van der Waals surface area (Å²) in [5, 5.41) is 2.35. The normalized spacial score (nSPS) is 10.1. The Morgan fingerprint density at radius 2 is 1.59 bits per heavy atom. The van der Waals surface area contributed by atoms with Crippen molar-refractivity contribution in [2.75, 3.05) is 13.2 Å². The predicted octanol–water partition coefficient (Wildman–Crippen LogP) is 3.31. The SMILES string of the molecule is Cc1ccc(OCC(=O)NC(=S)NNC(=O)COc2ccc(Br)cc2C)c(Br)c1. The van der Waals surface area contributed by atoms with Crippen LogP contribution in [-0.2, 0) is 9.59 Å². The molecule has 0 aliphatic rings. The third kappa shape index (κ3) is 8.00. The predicted molar refractivity (Wildman–Crippen MR) is 121 cm³/mol. The molecule has 0 spiro atoms. The second-order valence-electron chi connectivity index (χ2n) is 5.97. The summed E-state index contributed by atoms with van der Waals surface area (Å²) in [6.45, 7) is 3.38. The first kappa shape index (κ1) is 23.1. The fourth-order valence-corrected chi connectivity index (χ4v) is 3.39. The van der Waals surface area contributed by atoms with E-state index in [9.17, 15) is 9.59 Å². The van der Waals surface area contributed by atoms with Crippen LogP contribution in [0.5, 0.6) is 11.5 Å². The highest BCUT2D eigenvalue weighted by Crippen LogP contribution is 2.25. The van der Waals surface area contributed by atoms with Crippen LogP contribution in [0.15, 0.2) is 45.3 Å². The lowest BCUT2D eigenvalue weighted by Crippen LogP contribution is -2.50. The summed E-state index contributed by atoms with van der Waals surface area (Å²) in [5.41, 5.74) is 6.74. The zero-order valence-electron chi connectivity index (χ0n) is 15.7. The highest BCUT2D eigenvalue weighted by Gasteiger charge is 2.09. The van der Waals surface area contributed by atoms with E-state index in [1.54, 1.807) is 12.1 Å². The molecule has 0 radical (unpaired) electrons. The lowest BCUT2D eigenvalue weighted by atomic mass is 10.2. The number of ether oxygens (including phenoxy) is 2. The number of nitrogens with one attached hydrogen (secondary N) is 3. The maximum Gasteiger partial charge on any atom is 0.276 e. The molecular formula is C19H19Br2N3O4S. The van der Waals surface area contributed by atoms with Crippen LogP contribution < -0.4 is 25.6 Å².